The maximum atomic E-state index is 13.1. The number of hydrogen-bond acceptors (Lipinski definition) is 20. The third-order valence-corrected chi connectivity index (χ3v) is 15.0. The van der Waals surface area contributed by atoms with Gasteiger partial charge in [-0.2, -0.15) is 15.8 Å². The number of methoxy groups -OCH3 is 2. The summed E-state index contributed by atoms with van der Waals surface area (Å²) < 4.78 is 36.7. The number of aryl methyl sites for hydroxylation is 3. The molecule has 0 radical (unpaired) electrons. The minimum Gasteiger partial charge on any atom is -1.00 e. The molecule has 6 heterocycles. The summed E-state index contributed by atoms with van der Waals surface area (Å²) in [4.78, 5) is 87.2. The summed E-state index contributed by atoms with van der Waals surface area (Å²) in [5.41, 5.74) is 13.0. The van der Waals surface area contributed by atoms with Gasteiger partial charge in [0, 0.05) is 95.9 Å². The van der Waals surface area contributed by atoms with E-state index in [1.807, 2.05) is 64.2 Å². The van der Waals surface area contributed by atoms with Gasteiger partial charge in [0.15, 0.2) is 0 Å². The van der Waals surface area contributed by atoms with E-state index in [0.29, 0.717) is 72.2 Å². The fraction of sp³-hybridized carbons (Fsp3) is 0.0952. The van der Waals surface area contributed by atoms with Gasteiger partial charge in [-0.1, -0.05) is 15.9 Å². The average Bonchev–Trinajstić information content (AvgIpc) is 1.58. The number of nitro groups is 2. The predicted molar refractivity (Wildman–Crippen MR) is 345 cm³/mol. The number of nitrogen functional groups attached to an aromatic ring is 1. The Morgan fingerprint density at radius 1 is 0.558 bits per heavy atom. The molecule has 0 saturated carbocycles. The number of nitrogens with two attached hydrogens (primary N) is 1. The molecule has 0 atom stereocenters. The molecule has 0 aliphatic heterocycles. The number of fused-ring (bicyclic) bond motifs is 9. The quantitative estimate of drug-likeness (QED) is 0.0223. The number of esters is 2. The second-order valence-electron chi connectivity index (χ2n) is 19.3. The number of carbonyl (C=O) groups excluding carboxylic acids is 2. The van der Waals surface area contributed by atoms with Crippen LogP contribution in [0.1, 0.15) is 38.8 Å². The first-order valence-electron chi connectivity index (χ1n) is 26.6. The topological polar surface area (TPSA) is 413 Å². The number of carbonyl (C=O) groups is 2. The smallest absolute Gasteiger partial charge is 1.00 e. The number of nitrogens with zero attached hydrogens (tertiary/aromatic N) is 11. The fourth-order valence-electron chi connectivity index (χ4n) is 10.3. The van der Waals surface area contributed by atoms with Crippen molar-refractivity contribution in [1.82, 2.24) is 27.4 Å². The number of ether oxygens (including phenoxy) is 2. The Balaban J connectivity index is 0.000000243. The molecule has 472 valence electrons. The zero-order valence-corrected chi connectivity index (χ0v) is 54.4. The van der Waals surface area contributed by atoms with Crippen molar-refractivity contribution >= 4 is 118 Å². The summed E-state index contributed by atoms with van der Waals surface area (Å²) in [5.74, 6) is -0.985. The Bertz CT molecular complexity index is 5380. The first-order valence-corrected chi connectivity index (χ1v) is 27.4. The van der Waals surface area contributed by atoms with Gasteiger partial charge in [-0.15, -0.1) is 0 Å². The Morgan fingerprint density at radius 2 is 0.863 bits per heavy atom. The van der Waals surface area contributed by atoms with Gasteiger partial charge in [0.1, 0.15) is 34.9 Å². The van der Waals surface area contributed by atoms with Crippen molar-refractivity contribution in [3.05, 3.63) is 236 Å². The summed E-state index contributed by atoms with van der Waals surface area (Å²) in [5, 5.41) is 69.3. The molecule has 0 fully saturated rings. The van der Waals surface area contributed by atoms with Crippen LogP contribution in [0.2, 0.25) is 0 Å². The van der Waals surface area contributed by atoms with Crippen LogP contribution in [0.25, 0.3) is 82.9 Å². The third-order valence-electron chi connectivity index (χ3n) is 14.5. The third kappa shape index (κ3) is 14.2. The van der Waals surface area contributed by atoms with Crippen LogP contribution >= 0.6 is 15.9 Å². The number of non-ortho nitro benzene ring substituents is 2. The maximum absolute atomic E-state index is 13.1. The number of rotatable bonds is 9. The molecule has 32 heteroatoms. The van der Waals surface area contributed by atoms with Gasteiger partial charge in [-0.3, -0.25) is 48.3 Å². The van der Waals surface area contributed by atoms with Crippen molar-refractivity contribution in [3.63, 3.8) is 0 Å². The van der Waals surface area contributed by atoms with E-state index in [4.69, 9.17) is 34.9 Å². The number of hydrogen-bond donors (Lipinski definition) is 3. The number of anilines is 1. The van der Waals surface area contributed by atoms with Gasteiger partial charge in [0.05, 0.1) is 84.8 Å². The van der Waals surface area contributed by atoms with Crippen LogP contribution in [0.4, 0.5) is 17.1 Å². The summed E-state index contributed by atoms with van der Waals surface area (Å²) in [6.07, 6.45) is 0. The van der Waals surface area contributed by atoms with E-state index in [0.717, 1.165) is 39.0 Å². The molecule has 0 spiro atoms. The fourth-order valence-corrected chi connectivity index (χ4v) is 10.7. The van der Waals surface area contributed by atoms with Crippen LogP contribution in [0, 0.1) is 60.9 Å². The number of aliphatic hydroxyl groups is 1. The Kier molecular flexibility index (Phi) is 24.1. The van der Waals surface area contributed by atoms with Crippen LogP contribution < -0.4 is 52.0 Å². The van der Waals surface area contributed by atoms with Crippen LogP contribution in [-0.2, 0) is 49.8 Å². The number of nitriles is 3. The molecule has 6 aromatic heterocycles. The van der Waals surface area contributed by atoms with Crippen molar-refractivity contribution in [2.75, 3.05) is 27.1 Å². The molecule has 6 aromatic carbocycles. The van der Waals surface area contributed by atoms with E-state index in [2.05, 4.69) is 32.4 Å². The molecule has 95 heavy (non-hydrogen) atoms. The number of halogens is 1. The molecule has 0 aliphatic carbocycles. The van der Waals surface area contributed by atoms with Crippen LogP contribution in [-0.4, -0.2) is 88.2 Å². The van der Waals surface area contributed by atoms with Crippen LogP contribution in [0.5, 0.6) is 0 Å². The van der Waals surface area contributed by atoms with Crippen molar-refractivity contribution in [1.29, 1.82) is 15.8 Å². The number of nitro benzene ring substituents is 2. The normalized spacial score (nSPS) is 10.1. The second kappa shape index (κ2) is 31.6. The molecule has 12 rings (SSSR count). The van der Waals surface area contributed by atoms with Crippen LogP contribution in [0.3, 0.4) is 0 Å². The van der Waals surface area contributed by atoms with E-state index < -0.39 is 38.5 Å². The maximum Gasteiger partial charge on any atom is 1.00 e. The van der Waals surface area contributed by atoms with E-state index in [1.54, 1.807) is 79.8 Å². The molecule has 29 nitrogen and oxygen atoms in total. The van der Waals surface area contributed by atoms with E-state index in [-0.39, 0.29) is 66.4 Å². The molecule has 0 saturated heterocycles. The Hall–Kier alpha value is -11.7. The Labute approximate surface area is 566 Å². The second-order valence-corrected chi connectivity index (χ2v) is 20.2. The monoisotopic (exact) mass is 1360 g/mol. The summed E-state index contributed by atoms with van der Waals surface area (Å²) >= 11 is 3.46. The standard InChI is InChI=1S/C21H14N4O5.C21H16N4O3.C19H11BrN4O3.CH4O.CO.BHO4.Na.H/c1-23-17-8-3-12(21(27)30-2)9-16(17)19-18(23)10-13(11-22)20(26)24(19)14-4-6-15(7-5-14)25(28)29;1-24-17-8-3-12(21(27)28-2)9-16(17)19-18(24)10-13(11-22)20(26)25(19)15-6-4-14(23)5-7-15;1-22-16-7-2-12(20)9-15(16)18-17(22)8-11(10-21)19(25)23(18)13-3-5-14(6-4-13)24(26)27;2*1-2;2-1-4-5-3;;/h3-10H,1-2H3;3-10H,23H2,1-2H3;2-9H,1H3;2H,1H3;;3H;;/q;;;;;;+1;-1. The molecular weight excluding hydrogens is 1310 g/mol. The molecule has 0 amide bonds. The van der Waals surface area contributed by atoms with Gasteiger partial charge < -0.3 is 35.4 Å². The summed E-state index contributed by atoms with van der Waals surface area (Å²) in [6, 6.07) is 44.4. The van der Waals surface area contributed by atoms with Gasteiger partial charge in [-0.05, 0) is 121 Å². The molecule has 4 N–H and O–H groups in total. The molecule has 0 bridgehead atoms. The summed E-state index contributed by atoms with van der Waals surface area (Å²) in [7, 11) is 9.06. The van der Waals surface area contributed by atoms with E-state index in [1.165, 1.54) is 82.5 Å². The predicted octanol–water partition coefficient (Wildman–Crippen LogP) is 5.86. The van der Waals surface area contributed by atoms with Crippen molar-refractivity contribution in [2.24, 2.45) is 21.1 Å². The van der Waals surface area contributed by atoms with Crippen molar-refractivity contribution < 1.29 is 89.5 Å². The minimum atomic E-state index is -0.560. The van der Waals surface area contributed by atoms with Crippen molar-refractivity contribution in [2.45, 2.75) is 0 Å². The van der Waals surface area contributed by atoms with Crippen LogP contribution in [0.15, 0.2) is 164 Å². The first kappa shape index (κ1) is 72.4. The molecular formula is C63H47BBrN12NaO17. The van der Waals surface area contributed by atoms with E-state index >= 15 is 0 Å². The van der Waals surface area contributed by atoms with Crippen molar-refractivity contribution in [3.8, 4) is 35.3 Å². The van der Waals surface area contributed by atoms with E-state index in [9.17, 15) is 60.0 Å². The first-order chi connectivity index (χ1) is 45.2. The largest absolute Gasteiger partial charge is 1.00 e. The SMILES string of the molecule is CO.COC(=O)c1ccc2c(c1)c1c(cc(C#N)c(=O)n1-c1ccc(N)cc1)n2C.COC(=O)c1ccc2c(c1)c1c(cc(C#N)c(=O)n1-c1ccc([N+](=O)[O-])cc1)n2C.Cn1c2ccc(Br)cc2c2c1cc(C#N)c(=O)n2-c1ccc([N+](=O)[O-])cc1.O=BOOO.[C-]#[O+].[H-].[Na+]. The van der Waals surface area contributed by atoms with Gasteiger partial charge >= 0.3 is 80.0 Å². The zero-order valence-electron chi connectivity index (χ0n) is 51.8. The summed E-state index contributed by atoms with van der Waals surface area (Å²) in [6.45, 7) is 4.50. The number of benzene rings is 6. The number of aliphatic hydroxyl groups excluding tert-OH is 1. The number of aromatic nitrogens is 6. The minimum absolute atomic E-state index is 0. The average molecular weight is 1360 g/mol. The number of pyridine rings is 3. The van der Waals surface area contributed by atoms with Gasteiger partial charge in [0.25, 0.3) is 28.1 Å². The van der Waals surface area contributed by atoms with Gasteiger partial charge in [-0.25, -0.2) is 9.59 Å². The molecule has 0 aliphatic rings. The zero-order chi connectivity index (χ0) is 69.0. The Morgan fingerprint density at radius 3 is 1.14 bits per heavy atom. The van der Waals surface area contributed by atoms with Gasteiger partial charge in [0.2, 0.25) is 0 Å². The molecule has 12 aromatic rings. The molecule has 0 unspecified atom stereocenters.